The Kier molecular flexibility index (Phi) is 5.03. The van der Waals surface area contributed by atoms with Crippen molar-refractivity contribution in [3.63, 3.8) is 0 Å². The van der Waals surface area contributed by atoms with Crippen LogP contribution in [0.25, 0.3) is 0 Å². The summed E-state index contributed by atoms with van der Waals surface area (Å²) in [6.07, 6.45) is 7.72. The molecule has 0 bridgehead atoms. The van der Waals surface area contributed by atoms with Crippen LogP contribution in [0.4, 0.5) is 4.79 Å². The van der Waals surface area contributed by atoms with Gasteiger partial charge in [-0.1, -0.05) is 31.2 Å². The van der Waals surface area contributed by atoms with Crippen molar-refractivity contribution >= 4 is 17.8 Å². The average molecular weight is 264 g/mol. The topological polar surface area (TPSA) is 66.5 Å². The molecule has 5 nitrogen and oxygen atoms in total. The van der Waals surface area contributed by atoms with Crippen LogP contribution in [0.5, 0.6) is 0 Å². The summed E-state index contributed by atoms with van der Waals surface area (Å²) in [4.78, 5) is 37.4. The first-order valence-electron chi connectivity index (χ1n) is 6.43. The van der Waals surface area contributed by atoms with Crippen LogP contribution in [-0.2, 0) is 9.59 Å². The minimum Gasteiger partial charge on any atom is -0.277 e. The number of hydrogen-bond acceptors (Lipinski definition) is 3. The Balaban J connectivity index is 3.11. The van der Waals surface area contributed by atoms with E-state index in [0.717, 1.165) is 4.90 Å². The smallest absolute Gasteiger partial charge is 0.277 e. The van der Waals surface area contributed by atoms with Gasteiger partial charge in [0.15, 0.2) is 0 Å². The van der Waals surface area contributed by atoms with Gasteiger partial charge in [-0.3, -0.25) is 19.8 Å². The largest absolute Gasteiger partial charge is 0.331 e. The Labute approximate surface area is 113 Å². The standard InChI is InChI=1S/C14H20N2O3/c1-4-7-9-14(6-3)11(17)15-13(19)16(12(14)18)10-8-5-2/h4-5,7-8H,6,9-10H2,1-3H3,(H,15,17,19)/b7-4+,8-5+/t14-/m0/s1. The molecule has 5 heteroatoms. The van der Waals surface area contributed by atoms with Gasteiger partial charge in [0.2, 0.25) is 11.8 Å². The normalized spacial score (nSPS) is 24.6. The molecule has 1 N–H and O–H groups in total. The zero-order chi connectivity index (χ0) is 14.5. The second-order valence-electron chi connectivity index (χ2n) is 4.45. The Morgan fingerprint density at radius 1 is 1.16 bits per heavy atom. The molecule has 4 amide bonds. The van der Waals surface area contributed by atoms with Gasteiger partial charge in [0.25, 0.3) is 0 Å². The Morgan fingerprint density at radius 3 is 2.32 bits per heavy atom. The molecule has 1 heterocycles. The molecule has 0 aliphatic carbocycles. The third kappa shape index (κ3) is 2.75. The minimum atomic E-state index is -1.16. The van der Waals surface area contributed by atoms with Crippen molar-refractivity contribution in [3.05, 3.63) is 24.3 Å². The zero-order valence-corrected chi connectivity index (χ0v) is 11.6. The quantitative estimate of drug-likeness (QED) is 0.610. The van der Waals surface area contributed by atoms with Gasteiger partial charge < -0.3 is 0 Å². The van der Waals surface area contributed by atoms with Crippen LogP contribution in [-0.4, -0.2) is 29.3 Å². The van der Waals surface area contributed by atoms with E-state index < -0.39 is 23.3 Å². The fraction of sp³-hybridized carbons (Fsp3) is 0.500. The van der Waals surface area contributed by atoms with E-state index in [1.165, 1.54) is 0 Å². The van der Waals surface area contributed by atoms with Crippen LogP contribution >= 0.6 is 0 Å². The summed E-state index contributed by atoms with van der Waals surface area (Å²) in [6.45, 7) is 5.61. The third-order valence-electron chi connectivity index (χ3n) is 3.38. The molecule has 0 unspecified atom stereocenters. The number of allylic oxidation sites excluding steroid dienone is 3. The van der Waals surface area contributed by atoms with Crippen LogP contribution in [0.15, 0.2) is 24.3 Å². The highest BCUT2D eigenvalue weighted by molar-refractivity contribution is 6.19. The number of rotatable bonds is 5. The van der Waals surface area contributed by atoms with Gasteiger partial charge in [-0.25, -0.2) is 4.79 Å². The van der Waals surface area contributed by atoms with E-state index in [4.69, 9.17) is 0 Å². The summed E-state index contributed by atoms with van der Waals surface area (Å²) in [5.41, 5.74) is -1.16. The first kappa shape index (κ1) is 15.1. The van der Waals surface area contributed by atoms with Gasteiger partial charge in [-0.05, 0) is 26.7 Å². The number of imide groups is 2. The van der Waals surface area contributed by atoms with Crippen molar-refractivity contribution in [2.45, 2.75) is 33.6 Å². The van der Waals surface area contributed by atoms with E-state index in [2.05, 4.69) is 5.32 Å². The first-order chi connectivity index (χ1) is 9.03. The molecule has 1 atom stereocenters. The number of nitrogens with zero attached hydrogens (tertiary/aromatic N) is 1. The van der Waals surface area contributed by atoms with Gasteiger partial charge >= 0.3 is 6.03 Å². The van der Waals surface area contributed by atoms with E-state index in [1.54, 1.807) is 31.2 Å². The molecule has 1 rings (SSSR count). The summed E-state index contributed by atoms with van der Waals surface area (Å²) < 4.78 is 0. The SMILES string of the molecule is C/C=C/CN1C(=O)NC(=O)[C@](CC)(C/C=C/C)C1=O. The summed E-state index contributed by atoms with van der Waals surface area (Å²) in [5.74, 6) is -0.917. The molecule has 1 aliphatic rings. The van der Waals surface area contributed by atoms with E-state index in [-0.39, 0.29) is 6.54 Å². The molecule has 0 aromatic rings. The molecule has 0 radical (unpaired) electrons. The lowest BCUT2D eigenvalue weighted by molar-refractivity contribution is -0.151. The molecule has 0 aromatic heterocycles. The predicted octanol–water partition coefficient (Wildman–Crippen LogP) is 2.00. The fourth-order valence-corrected chi connectivity index (χ4v) is 2.06. The average Bonchev–Trinajstić information content (AvgIpc) is 2.39. The lowest BCUT2D eigenvalue weighted by atomic mass is 9.78. The monoisotopic (exact) mass is 264 g/mol. The maximum absolute atomic E-state index is 12.5. The number of urea groups is 1. The number of nitrogens with one attached hydrogen (secondary N) is 1. The number of amides is 4. The van der Waals surface area contributed by atoms with Crippen molar-refractivity contribution < 1.29 is 14.4 Å². The van der Waals surface area contributed by atoms with Crippen molar-refractivity contribution in [1.29, 1.82) is 0 Å². The first-order valence-corrected chi connectivity index (χ1v) is 6.43. The summed E-state index contributed by atoms with van der Waals surface area (Å²) in [7, 11) is 0. The molecule has 1 aliphatic heterocycles. The Morgan fingerprint density at radius 2 is 1.79 bits per heavy atom. The fourth-order valence-electron chi connectivity index (χ4n) is 2.06. The predicted molar refractivity (Wildman–Crippen MR) is 72.2 cm³/mol. The van der Waals surface area contributed by atoms with Crippen molar-refractivity contribution in [2.75, 3.05) is 6.54 Å². The molecule has 0 aromatic carbocycles. The molecular weight excluding hydrogens is 244 g/mol. The van der Waals surface area contributed by atoms with Gasteiger partial charge in [0.1, 0.15) is 5.41 Å². The molecule has 104 valence electrons. The minimum absolute atomic E-state index is 0.187. The van der Waals surface area contributed by atoms with E-state index in [9.17, 15) is 14.4 Å². The number of hydrogen-bond donors (Lipinski definition) is 1. The second kappa shape index (κ2) is 6.31. The van der Waals surface area contributed by atoms with E-state index in [0.29, 0.717) is 12.8 Å². The van der Waals surface area contributed by atoms with E-state index in [1.807, 2.05) is 13.8 Å². The second-order valence-corrected chi connectivity index (χ2v) is 4.45. The molecule has 0 saturated carbocycles. The van der Waals surface area contributed by atoms with Crippen LogP contribution < -0.4 is 5.32 Å². The lowest BCUT2D eigenvalue weighted by Gasteiger charge is -2.37. The summed E-state index contributed by atoms with van der Waals surface area (Å²) in [5, 5.41) is 2.28. The summed E-state index contributed by atoms with van der Waals surface area (Å²) >= 11 is 0. The van der Waals surface area contributed by atoms with Crippen LogP contribution in [0, 0.1) is 5.41 Å². The van der Waals surface area contributed by atoms with Crippen LogP contribution in [0.1, 0.15) is 33.6 Å². The van der Waals surface area contributed by atoms with Crippen molar-refractivity contribution in [1.82, 2.24) is 10.2 Å². The van der Waals surface area contributed by atoms with Gasteiger partial charge in [-0.2, -0.15) is 0 Å². The highest BCUT2D eigenvalue weighted by Crippen LogP contribution is 2.33. The Bertz CT molecular complexity index is 440. The number of carbonyl (C=O) groups excluding carboxylic acids is 3. The van der Waals surface area contributed by atoms with Crippen molar-refractivity contribution in [3.8, 4) is 0 Å². The lowest BCUT2D eigenvalue weighted by Crippen LogP contribution is -2.63. The Hall–Kier alpha value is -1.91. The number of carbonyl (C=O) groups is 3. The van der Waals surface area contributed by atoms with Crippen LogP contribution in [0.3, 0.4) is 0 Å². The third-order valence-corrected chi connectivity index (χ3v) is 3.38. The maximum atomic E-state index is 12.5. The summed E-state index contributed by atoms with van der Waals surface area (Å²) in [6, 6.07) is -0.641. The highest BCUT2D eigenvalue weighted by atomic mass is 16.2. The maximum Gasteiger partial charge on any atom is 0.331 e. The van der Waals surface area contributed by atoms with Gasteiger partial charge in [0.05, 0.1) is 0 Å². The van der Waals surface area contributed by atoms with Gasteiger partial charge in [-0.15, -0.1) is 0 Å². The molecule has 1 fully saturated rings. The number of barbiturate groups is 1. The van der Waals surface area contributed by atoms with Crippen LogP contribution in [0.2, 0.25) is 0 Å². The molecule has 0 spiro atoms. The zero-order valence-electron chi connectivity index (χ0n) is 11.6. The molecule has 19 heavy (non-hydrogen) atoms. The molecule has 1 saturated heterocycles. The van der Waals surface area contributed by atoms with E-state index >= 15 is 0 Å². The highest BCUT2D eigenvalue weighted by Gasteiger charge is 2.51. The molecular formula is C14H20N2O3. The van der Waals surface area contributed by atoms with Gasteiger partial charge in [0, 0.05) is 6.54 Å². The van der Waals surface area contributed by atoms with Crippen molar-refractivity contribution in [2.24, 2.45) is 5.41 Å².